The van der Waals surface area contributed by atoms with E-state index in [0.29, 0.717) is 5.69 Å². The molecule has 58 valence electrons. The first-order chi connectivity index (χ1) is 5.24. The number of hydrogen-bond acceptors (Lipinski definition) is 4. The van der Waals surface area contributed by atoms with Gasteiger partial charge in [-0.3, -0.25) is 0 Å². The van der Waals surface area contributed by atoms with Crippen LogP contribution in [0.2, 0.25) is 0 Å². The van der Waals surface area contributed by atoms with Crippen LogP contribution in [0.4, 0.5) is 5.82 Å². The fourth-order valence-corrected chi connectivity index (χ4v) is 0.644. The Morgan fingerprint density at radius 3 is 2.91 bits per heavy atom. The molecule has 6 heteroatoms. The molecule has 0 aliphatic rings. The topological polar surface area (TPSA) is 91.5 Å². The number of nitro groups is 1. The molecule has 0 atom stereocenters. The van der Waals surface area contributed by atoms with Gasteiger partial charge >= 0.3 is 5.82 Å². The first-order valence-electron chi connectivity index (χ1n) is 2.75. The highest BCUT2D eigenvalue weighted by molar-refractivity contribution is 5.77. The van der Waals surface area contributed by atoms with Gasteiger partial charge in [-0.1, -0.05) is 5.16 Å². The number of aromatic amines is 1. The van der Waals surface area contributed by atoms with Crippen LogP contribution in [0.3, 0.4) is 0 Å². The zero-order valence-corrected chi connectivity index (χ0v) is 5.39. The number of aromatic nitrogens is 1. The molecule has 0 spiro atoms. The van der Waals surface area contributed by atoms with Gasteiger partial charge in [-0.25, -0.2) is 4.98 Å². The minimum absolute atomic E-state index is 0.125. The van der Waals surface area contributed by atoms with Crippen LogP contribution in [0.15, 0.2) is 17.3 Å². The second-order valence-electron chi connectivity index (χ2n) is 1.80. The summed E-state index contributed by atoms with van der Waals surface area (Å²) in [4.78, 5) is 11.9. The molecule has 11 heavy (non-hydrogen) atoms. The molecule has 6 nitrogen and oxygen atoms in total. The molecule has 0 aliphatic carbocycles. The van der Waals surface area contributed by atoms with Crippen LogP contribution in [-0.4, -0.2) is 21.3 Å². The normalized spacial score (nSPS) is 10.5. The van der Waals surface area contributed by atoms with E-state index in [1.807, 2.05) is 0 Å². The Balaban J connectivity index is 2.90. The van der Waals surface area contributed by atoms with E-state index in [-0.39, 0.29) is 5.82 Å². The van der Waals surface area contributed by atoms with Crippen molar-refractivity contribution in [2.24, 2.45) is 5.16 Å². The summed E-state index contributed by atoms with van der Waals surface area (Å²) in [6, 6.07) is 2.73. The molecule has 2 N–H and O–H groups in total. The molecule has 1 heterocycles. The molecule has 0 bridgehead atoms. The van der Waals surface area contributed by atoms with E-state index in [2.05, 4.69) is 10.1 Å². The fourth-order valence-electron chi connectivity index (χ4n) is 0.644. The van der Waals surface area contributed by atoms with Gasteiger partial charge in [-0.15, -0.1) is 0 Å². The highest BCUT2D eigenvalue weighted by Gasteiger charge is 2.05. The number of oxime groups is 1. The van der Waals surface area contributed by atoms with Gasteiger partial charge < -0.3 is 15.3 Å². The van der Waals surface area contributed by atoms with Crippen LogP contribution in [0.5, 0.6) is 0 Å². The molecule has 0 aliphatic heterocycles. The lowest BCUT2D eigenvalue weighted by molar-refractivity contribution is -0.389. The van der Waals surface area contributed by atoms with Crippen molar-refractivity contribution in [1.82, 2.24) is 4.98 Å². The third-order valence-electron chi connectivity index (χ3n) is 1.09. The summed E-state index contributed by atoms with van der Waals surface area (Å²) in [6.45, 7) is 0. The molecule has 0 saturated carbocycles. The highest BCUT2D eigenvalue weighted by Crippen LogP contribution is 2.07. The average molecular weight is 155 g/mol. The Kier molecular flexibility index (Phi) is 1.86. The van der Waals surface area contributed by atoms with E-state index in [1.165, 1.54) is 12.1 Å². The van der Waals surface area contributed by atoms with Crippen molar-refractivity contribution in [2.75, 3.05) is 0 Å². The van der Waals surface area contributed by atoms with Gasteiger partial charge in [0.1, 0.15) is 11.9 Å². The van der Waals surface area contributed by atoms with Crippen LogP contribution in [0.25, 0.3) is 0 Å². The lowest BCUT2D eigenvalue weighted by Crippen LogP contribution is -1.88. The number of hydrogen-bond donors (Lipinski definition) is 2. The predicted molar refractivity (Wildman–Crippen MR) is 36.8 cm³/mol. The zero-order valence-electron chi connectivity index (χ0n) is 5.39. The van der Waals surface area contributed by atoms with Gasteiger partial charge in [0.25, 0.3) is 0 Å². The monoisotopic (exact) mass is 155 g/mol. The average Bonchev–Trinajstić information content (AvgIpc) is 2.37. The number of H-pyrrole nitrogens is 1. The maximum atomic E-state index is 10.1. The molecule has 0 amide bonds. The minimum atomic E-state index is -0.561. The molecule has 0 unspecified atom stereocenters. The van der Waals surface area contributed by atoms with Crippen molar-refractivity contribution < 1.29 is 10.1 Å². The van der Waals surface area contributed by atoms with Crippen molar-refractivity contribution in [3.05, 3.63) is 27.9 Å². The van der Waals surface area contributed by atoms with E-state index in [9.17, 15) is 10.1 Å². The number of rotatable bonds is 2. The Morgan fingerprint density at radius 2 is 2.45 bits per heavy atom. The summed E-state index contributed by atoms with van der Waals surface area (Å²) in [7, 11) is 0. The summed E-state index contributed by atoms with van der Waals surface area (Å²) < 4.78 is 0. The van der Waals surface area contributed by atoms with Crippen LogP contribution in [-0.2, 0) is 0 Å². The van der Waals surface area contributed by atoms with Gasteiger partial charge in [0, 0.05) is 6.07 Å². The van der Waals surface area contributed by atoms with Crippen molar-refractivity contribution in [3.8, 4) is 0 Å². The predicted octanol–water partition coefficient (Wildman–Crippen LogP) is 0.731. The van der Waals surface area contributed by atoms with Crippen LogP contribution >= 0.6 is 0 Å². The number of nitrogens with one attached hydrogen (secondary N) is 1. The van der Waals surface area contributed by atoms with Gasteiger partial charge in [0.05, 0.1) is 0 Å². The summed E-state index contributed by atoms with van der Waals surface area (Å²) in [6.07, 6.45) is 1.08. The molecular formula is C5H5N3O3. The van der Waals surface area contributed by atoms with Crippen molar-refractivity contribution in [1.29, 1.82) is 0 Å². The third-order valence-corrected chi connectivity index (χ3v) is 1.09. The maximum absolute atomic E-state index is 10.1. The van der Waals surface area contributed by atoms with Gasteiger partial charge in [-0.05, 0) is 11.0 Å². The van der Waals surface area contributed by atoms with Crippen LogP contribution in [0, 0.1) is 10.1 Å². The molecule has 1 aromatic rings. The van der Waals surface area contributed by atoms with Gasteiger partial charge in [0.15, 0.2) is 0 Å². The molecule has 1 rings (SSSR count). The summed E-state index contributed by atoms with van der Waals surface area (Å²) in [5.74, 6) is -0.125. The molecule has 0 aromatic carbocycles. The first kappa shape index (κ1) is 7.26. The quantitative estimate of drug-likeness (QED) is 0.285. The minimum Gasteiger partial charge on any atom is -0.411 e. The first-order valence-corrected chi connectivity index (χ1v) is 2.75. The Hall–Kier alpha value is -1.85. The van der Waals surface area contributed by atoms with E-state index in [4.69, 9.17) is 5.21 Å². The van der Waals surface area contributed by atoms with Crippen molar-refractivity contribution in [3.63, 3.8) is 0 Å². The second-order valence-corrected chi connectivity index (χ2v) is 1.80. The van der Waals surface area contributed by atoms with Gasteiger partial charge in [0.2, 0.25) is 0 Å². The second kappa shape index (κ2) is 2.82. The largest absolute Gasteiger partial charge is 0.411 e. The van der Waals surface area contributed by atoms with Crippen LogP contribution < -0.4 is 0 Å². The molecular weight excluding hydrogens is 150 g/mol. The lowest BCUT2D eigenvalue weighted by atomic mass is 10.5. The standard InChI is InChI=1S/C5H5N3O3/c9-6-3-4-1-2-5(7-4)8(10)11/h1-3,7,9H. The summed E-state index contributed by atoms with van der Waals surface area (Å²) in [5.41, 5.74) is 0.388. The lowest BCUT2D eigenvalue weighted by Gasteiger charge is -1.85. The molecule has 1 aromatic heterocycles. The smallest absolute Gasteiger partial charge is 0.321 e. The molecule has 0 radical (unpaired) electrons. The third kappa shape index (κ3) is 1.54. The van der Waals surface area contributed by atoms with E-state index >= 15 is 0 Å². The van der Waals surface area contributed by atoms with E-state index < -0.39 is 4.92 Å². The highest BCUT2D eigenvalue weighted by atomic mass is 16.6. The molecule has 0 fully saturated rings. The van der Waals surface area contributed by atoms with Crippen LogP contribution in [0.1, 0.15) is 5.69 Å². The van der Waals surface area contributed by atoms with E-state index in [1.54, 1.807) is 0 Å². The van der Waals surface area contributed by atoms with Gasteiger partial charge in [-0.2, -0.15) is 0 Å². The maximum Gasteiger partial charge on any atom is 0.321 e. The Labute approximate surface area is 61.3 Å². The fraction of sp³-hybridized carbons (Fsp3) is 0. The Morgan fingerprint density at radius 1 is 1.73 bits per heavy atom. The van der Waals surface area contributed by atoms with Crippen molar-refractivity contribution >= 4 is 12.0 Å². The van der Waals surface area contributed by atoms with Crippen molar-refractivity contribution in [2.45, 2.75) is 0 Å². The SMILES string of the molecule is O=[N+]([O-])c1ccc(C=NO)[nH]1. The zero-order chi connectivity index (χ0) is 8.27. The summed E-state index contributed by atoms with van der Waals surface area (Å²) >= 11 is 0. The Bertz CT molecular complexity index is 291. The molecule has 0 saturated heterocycles. The number of nitrogens with zero attached hydrogens (tertiary/aromatic N) is 2. The summed E-state index contributed by atoms with van der Waals surface area (Å²) in [5, 5.41) is 20.8. The van der Waals surface area contributed by atoms with E-state index in [0.717, 1.165) is 6.21 Å².